The van der Waals surface area contributed by atoms with Crippen molar-refractivity contribution in [3.8, 4) is 0 Å². The summed E-state index contributed by atoms with van der Waals surface area (Å²) in [6.07, 6.45) is 3.33. The van der Waals surface area contributed by atoms with E-state index < -0.39 is 109 Å². The largest absolute Gasteiger partial charge is 0.370 e. The van der Waals surface area contributed by atoms with Crippen LogP contribution < -0.4 is 59.7 Å². The van der Waals surface area contributed by atoms with E-state index in [0.717, 1.165) is 10.9 Å². The van der Waals surface area contributed by atoms with Crippen molar-refractivity contribution in [3.05, 3.63) is 90.1 Å². The lowest BCUT2D eigenvalue weighted by atomic mass is 10.0. The number of fused-ring (bicyclic) bond motifs is 1. The molecule has 5 rings (SSSR count). The number of primary amides is 1. The van der Waals surface area contributed by atoms with Crippen LogP contribution in [-0.2, 0) is 62.4 Å². The van der Waals surface area contributed by atoms with Crippen LogP contribution in [0, 0.1) is 0 Å². The number of para-hydroxylation sites is 1. The number of carbonyl (C=O) groups is 9. The Kier molecular flexibility index (Phi) is 17.9. The van der Waals surface area contributed by atoms with E-state index in [1.54, 1.807) is 42.6 Å². The number of aromatic amines is 2. The van der Waals surface area contributed by atoms with Crippen LogP contribution >= 0.6 is 0 Å². The Hall–Kier alpha value is -8.31. The molecular weight excluding hydrogens is 871 g/mol. The molecule has 0 bridgehead atoms. The van der Waals surface area contributed by atoms with Gasteiger partial charge in [0.2, 0.25) is 53.2 Å². The van der Waals surface area contributed by atoms with Crippen molar-refractivity contribution in [2.75, 3.05) is 19.6 Å². The van der Waals surface area contributed by atoms with Crippen LogP contribution in [0.1, 0.15) is 43.0 Å². The van der Waals surface area contributed by atoms with Gasteiger partial charge in [-0.2, -0.15) is 0 Å². The average molecular weight is 926 g/mol. The number of aliphatic imine (C=N–C) groups is 1. The van der Waals surface area contributed by atoms with Gasteiger partial charge in [0.25, 0.3) is 0 Å². The molecule has 4 aromatic rings. The van der Waals surface area contributed by atoms with E-state index in [4.69, 9.17) is 17.2 Å². The molecule has 24 heteroatoms. The monoisotopic (exact) mass is 925 g/mol. The summed E-state index contributed by atoms with van der Waals surface area (Å²) in [5, 5.41) is 21.0. The molecule has 16 N–H and O–H groups in total. The third-order valence-electron chi connectivity index (χ3n) is 10.5. The van der Waals surface area contributed by atoms with Crippen molar-refractivity contribution >= 4 is 70.0 Å². The highest BCUT2D eigenvalue weighted by Gasteiger charge is 2.35. The number of nitrogens with two attached hydrogens (primary N) is 3. The Bertz CT molecular complexity index is 2440. The van der Waals surface area contributed by atoms with Gasteiger partial charge in [-0.25, -0.2) is 4.98 Å². The number of hydrogen-bond donors (Lipinski definition) is 13. The Morgan fingerprint density at radius 3 is 2.18 bits per heavy atom. The lowest BCUT2D eigenvalue weighted by molar-refractivity contribution is -0.135. The maximum atomic E-state index is 14.4. The number of H-pyrrole nitrogens is 2. The summed E-state index contributed by atoms with van der Waals surface area (Å²) in [6, 6.07) is 7.00. The normalized spacial score (nSPS) is 20.1. The maximum absolute atomic E-state index is 14.4. The summed E-state index contributed by atoms with van der Waals surface area (Å²) in [5.41, 5.74) is 19.2. The number of guanidine groups is 1. The maximum Gasteiger partial charge on any atom is 0.245 e. The van der Waals surface area contributed by atoms with Gasteiger partial charge in [-0.05, 0) is 30.0 Å². The first-order chi connectivity index (χ1) is 32.1. The topological polar surface area (TPSA) is 385 Å². The van der Waals surface area contributed by atoms with Crippen LogP contribution in [-0.4, -0.2) is 130 Å². The van der Waals surface area contributed by atoms with Crippen LogP contribution in [0.5, 0.6) is 0 Å². The lowest BCUT2D eigenvalue weighted by Gasteiger charge is -2.27. The van der Waals surface area contributed by atoms with Gasteiger partial charge < -0.3 is 69.7 Å². The quantitative estimate of drug-likeness (QED) is 0.0291. The molecule has 1 fully saturated rings. The fraction of sp³-hybridized carbons (Fsp3) is 0.372. The number of nitrogens with one attached hydrogen (secondary N) is 10. The molecule has 9 amide bonds. The summed E-state index contributed by atoms with van der Waals surface area (Å²) >= 11 is 0. The average Bonchev–Trinajstić information content (AvgIpc) is 3.97. The molecule has 1 aliphatic rings. The summed E-state index contributed by atoms with van der Waals surface area (Å²) in [7, 11) is 0. The lowest BCUT2D eigenvalue weighted by Crippen LogP contribution is -2.61. The Morgan fingerprint density at radius 1 is 0.821 bits per heavy atom. The first-order valence-electron chi connectivity index (χ1n) is 21.3. The SMILES string of the molecule is CC(=O)NCC(=O)N[C@H]1CC(=O)NC[C@@H](C(=O)N[C@@H](Cc2c[nH]c3ccccc23)C(N)=O)NC(=O)[C@H](CCCN=C(N)N)NC(=O)[C@@H](Cc2ccccc2)NC(=O)[C@H](Cc2cnc[nH]2)NC1=O. The first kappa shape index (κ1) is 49.7. The predicted molar refractivity (Wildman–Crippen MR) is 241 cm³/mol. The third kappa shape index (κ3) is 15.4. The molecule has 3 heterocycles. The van der Waals surface area contributed by atoms with Gasteiger partial charge in [-0.3, -0.25) is 48.1 Å². The van der Waals surface area contributed by atoms with Crippen LogP contribution in [0.2, 0.25) is 0 Å². The number of amides is 9. The van der Waals surface area contributed by atoms with Crippen LogP contribution in [0.4, 0.5) is 0 Å². The number of hydrogen-bond acceptors (Lipinski definition) is 11. The van der Waals surface area contributed by atoms with Gasteiger partial charge in [0, 0.05) is 68.3 Å². The number of carbonyl (C=O) groups excluding carboxylic acids is 9. The minimum Gasteiger partial charge on any atom is -0.370 e. The summed E-state index contributed by atoms with van der Waals surface area (Å²) in [4.78, 5) is 136. The number of benzene rings is 2. The minimum atomic E-state index is -1.68. The fourth-order valence-electron chi connectivity index (χ4n) is 7.10. The van der Waals surface area contributed by atoms with E-state index in [1.165, 1.54) is 19.4 Å². The van der Waals surface area contributed by atoms with Gasteiger partial charge in [0.1, 0.15) is 36.3 Å². The van der Waals surface area contributed by atoms with Crippen molar-refractivity contribution < 1.29 is 43.2 Å². The van der Waals surface area contributed by atoms with Gasteiger partial charge in [0.05, 0.1) is 19.3 Å². The van der Waals surface area contributed by atoms with E-state index in [-0.39, 0.29) is 44.6 Å². The second-order valence-corrected chi connectivity index (χ2v) is 15.7. The van der Waals surface area contributed by atoms with Crippen molar-refractivity contribution in [2.24, 2.45) is 22.2 Å². The zero-order valence-corrected chi connectivity index (χ0v) is 36.6. The molecule has 0 unspecified atom stereocenters. The van der Waals surface area contributed by atoms with Gasteiger partial charge in [-0.15, -0.1) is 0 Å². The van der Waals surface area contributed by atoms with E-state index in [0.29, 0.717) is 16.8 Å². The summed E-state index contributed by atoms with van der Waals surface area (Å²) in [6.45, 7) is -0.00903. The Balaban J connectivity index is 1.52. The zero-order valence-electron chi connectivity index (χ0n) is 36.6. The number of nitrogens with zero attached hydrogens (tertiary/aromatic N) is 2. The molecule has 6 atom stereocenters. The van der Waals surface area contributed by atoms with Crippen LogP contribution in [0.15, 0.2) is 78.3 Å². The number of aromatic nitrogens is 3. The van der Waals surface area contributed by atoms with E-state index in [9.17, 15) is 43.2 Å². The molecule has 0 saturated carbocycles. The molecule has 1 saturated heterocycles. The molecule has 0 aliphatic carbocycles. The summed E-state index contributed by atoms with van der Waals surface area (Å²) < 4.78 is 0. The number of imidazole rings is 1. The zero-order chi connectivity index (χ0) is 48.5. The van der Waals surface area contributed by atoms with Gasteiger partial charge in [0.15, 0.2) is 5.96 Å². The van der Waals surface area contributed by atoms with Crippen molar-refractivity contribution in [2.45, 2.75) is 81.7 Å². The summed E-state index contributed by atoms with van der Waals surface area (Å²) in [5.74, 6) is -8.05. The molecular formula is C43H55N15O9. The van der Waals surface area contributed by atoms with E-state index in [1.807, 2.05) is 18.2 Å². The Morgan fingerprint density at radius 2 is 1.49 bits per heavy atom. The van der Waals surface area contributed by atoms with Gasteiger partial charge in [-0.1, -0.05) is 48.5 Å². The van der Waals surface area contributed by atoms with Gasteiger partial charge >= 0.3 is 0 Å². The molecule has 0 spiro atoms. The first-order valence-corrected chi connectivity index (χ1v) is 21.3. The van der Waals surface area contributed by atoms with Crippen molar-refractivity contribution in [3.63, 3.8) is 0 Å². The van der Waals surface area contributed by atoms with Crippen LogP contribution in [0.3, 0.4) is 0 Å². The predicted octanol–water partition coefficient (Wildman–Crippen LogP) is -3.98. The molecule has 0 radical (unpaired) electrons. The highest BCUT2D eigenvalue weighted by atomic mass is 16.2. The molecule has 1 aliphatic heterocycles. The van der Waals surface area contributed by atoms with Crippen molar-refractivity contribution in [1.29, 1.82) is 0 Å². The van der Waals surface area contributed by atoms with E-state index >= 15 is 0 Å². The smallest absolute Gasteiger partial charge is 0.245 e. The molecule has 67 heavy (non-hydrogen) atoms. The molecule has 356 valence electrons. The van der Waals surface area contributed by atoms with E-state index in [2.05, 4.69) is 62.5 Å². The fourth-order valence-corrected chi connectivity index (χ4v) is 7.10. The van der Waals surface area contributed by atoms with Crippen molar-refractivity contribution in [1.82, 2.24) is 57.5 Å². The highest BCUT2D eigenvalue weighted by Crippen LogP contribution is 2.19. The minimum absolute atomic E-state index is 0.0394. The number of rotatable bonds is 16. The Labute approximate surface area is 383 Å². The third-order valence-corrected chi connectivity index (χ3v) is 10.5. The standard InChI is InChI=1S/C43H55N15O9/c1-23(59)49-21-36(61)53-33-17-35(60)51-20-34(42(67)55-30(37(44)62)15-25-18-50-28-11-6-5-10-27(25)28)58-38(63)29(12-7-13-48-43(45)46)54-39(64)31(14-24-8-3-2-4-9-24)56-40(65)32(57-41(33)66)16-26-19-47-22-52-26/h2-6,8-11,18-19,22,29-34,50H,7,12-17,20-21H2,1H3,(H2,44,62)(H,47,52)(H,49,59)(H,51,60)(H,53,61)(H,54,64)(H,55,67)(H,56,65)(H,57,66)(H,58,63)(H4,45,46,48)/t29-,30-,31+,32-,33-,34-/m0/s1. The second-order valence-electron chi connectivity index (χ2n) is 15.7. The highest BCUT2D eigenvalue weighted by molar-refractivity contribution is 5.99. The second kappa shape index (κ2) is 24.1. The molecule has 24 nitrogen and oxygen atoms in total. The molecule has 2 aromatic carbocycles. The van der Waals surface area contributed by atoms with Crippen LogP contribution in [0.25, 0.3) is 10.9 Å². The molecule has 2 aromatic heterocycles.